The molecule has 0 aliphatic heterocycles. The number of halogens is 1. The van der Waals surface area contributed by atoms with E-state index in [0.29, 0.717) is 12.0 Å². The van der Waals surface area contributed by atoms with Crippen LogP contribution in [0.1, 0.15) is 23.6 Å². The van der Waals surface area contributed by atoms with Crippen molar-refractivity contribution in [2.24, 2.45) is 5.73 Å². The lowest BCUT2D eigenvalue weighted by atomic mass is 10.1. The molecule has 0 fully saturated rings. The van der Waals surface area contributed by atoms with Crippen LogP contribution in [0.5, 0.6) is 0 Å². The van der Waals surface area contributed by atoms with Crippen molar-refractivity contribution in [2.75, 3.05) is 5.73 Å². The highest BCUT2D eigenvalue weighted by Gasteiger charge is 2.22. The van der Waals surface area contributed by atoms with Crippen molar-refractivity contribution in [3.8, 4) is 0 Å². The Bertz CT molecular complexity index is 323. The smallest absolute Gasteiger partial charge is 0.149 e. The van der Waals surface area contributed by atoms with Crippen molar-refractivity contribution in [1.29, 1.82) is 0 Å². The van der Waals surface area contributed by atoms with E-state index in [1.807, 2.05) is 6.07 Å². The maximum absolute atomic E-state index is 13.3. The van der Waals surface area contributed by atoms with Crippen LogP contribution < -0.4 is 11.5 Å². The van der Waals surface area contributed by atoms with Gasteiger partial charge in [0.15, 0.2) is 0 Å². The Morgan fingerprint density at radius 3 is 2.92 bits per heavy atom. The summed E-state index contributed by atoms with van der Waals surface area (Å²) in [5.74, 6) is -0.277. The Balaban J connectivity index is 2.60. The van der Waals surface area contributed by atoms with Crippen LogP contribution in [0, 0.1) is 5.82 Å². The molecule has 0 spiro atoms. The molecule has 1 unspecified atom stereocenters. The molecule has 1 aliphatic rings. The summed E-state index contributed by atoms with van der Waals surface area (Å²) in [6.07, 6.45) is 1.54. The number of fused-ring (bicyclic) bond motifs is 1. The second-order valence-electron chi connectivity index (χ2n) is 3.18. The first-order valence-corrected chi connectivity index (χ1v) is 4.02. The molecule has 12 heavy (non-hydrogen) atoms. The first-order valence-electron chi connectivity index (χ1n) is 4.02. The lowest BCUT2D eigenvalue weighted by molar-refractivity contribution is 0.617. The number of hydrogen-bond donors (Lipinski definition) is 2. The molecule has 0 amide bonds. The molecular formula is C9H11FN2. The Morgan fingerprint density at radius 2 is 2.17 bits per heavy atom. The highest BCUT2D eigenvalue weighted by molar-refractivity contribution is 5.49. The quantitative estimate of drug-likeness (QED) is 0.571. The summed E-state index contributed by atoms with van der Waals surface area (Å²) >= 11 is 0. The van der Waals surface area contributed by atoms with E-state index in [4.69, 9.17) is 11.5 Å². The van der Waals surface area contributed by atoms with E-state index in [1.54, 1.807) is 6.07 Å². The van der Waals surface area contributed by atoms with E-state index >= 15 is 0 Å². The Labute approximate surface area is 70.4 Å². The van der Waals surface area contributed by atoms with Crippen molar-refractivity contribution in [3.63, 3.8) is 0 Å². The number of anilines is 1. The zero-order chi connectivity index (χ0) is 8.72. The third-order valence-electron chi connectivity index (χ3n) is 2.41. The molecule has 0 heterocycles. The van der Waals surface area contributed by atoms with Gasteiger partial charge in [-0.25, -0.2) is 4.39 Å². The molecule has 0 saturated carbocycles. The molecule has 0 bridgehead atoms. The largest absolute Gasteiger partial charge is 0.396 e. The van der Waals surface area contributed by atoms with Gasteiger partial charge in [0.2, 0.25) is 0 Å². The van der Waals surface area contributed by atoms with Crippen LogP contribution in [0.4, 0.5) is 10.1 Å². The fourth-order valence-electron chi connectivity index (χ4n) is 1.71. The van der Waals surface area contributed by atoms with Crippen LogP contribution in [0.25, 0.3) is 0 Å². The van der Waals surface area contributed by atoms with Crippen LogP contribution in [0.3, 0.4) is 0 Å². The van der Waals surface area contributed by atoms with Gasteiger partial charge < -0.3 is 11.5 Å². The standard InChI is InChI=1S/C9H11FN2/c10-9-6-2-3-7(11)5(6)1-4-8(9)12/h1,4,7H,2-3,11-12H2. The molecule has 64 valence electrons. The van der Waals surface area contributed by atoms with Gasteiger partial charge in [-0.05, 0) is 30.0 Å². The molecule has 1 atom stereocenters. The molecule has 0 radical (unpaired) electrons. The molecule has 4 N–H and O–H groups in total. The fraction of sp³-hybridized carbons (Fsp3) is 0.333. The normalized spacial score (nSPS) is 21.0. The fourth-order valence-corrected chi connectivity index (χ4v) is 1.71. The van der Waals surface area contributed by atoms with Gasteiger partial charge in [-0.3, -0.25) is 0 Å². The molecular weight excluding hydrogens is 155 g/mol. The summed E-state index contributed by atoms with van der Waals surface area (Å²) in [6.45, 7) is 0. The zero-order valence-electron chi connectivity index (χ0n) is 6.68. The molecule has 2 nitrogen and oxygen atoms in total. The second-order valence-corrected chi connectivity index (χ2v) is 3.18. The second kappa shape index (κ2) is 2.45. The van der Waals surface area contributed by atoms with Crippen molar-refractivity contribution in [2.45, 2.75) is 18.9 Å². The minimum absolute atomic E-state index is 0.00454. The highest BCUT2D eigenvalue weighted by Crippen LogP contribution is 2.32. The summed E-state index contributed by atoms with van der Waals surface area (Å²) < 4.78 is 13.3. The summed E-state index contributed by atoms with van der Waals surface area (Å²) in [4.78, 5) is 0. The van der Waals surface area contributed by atoms with Crippen LogP contribution in [0.15, 0.2) is 12.1 Å². The van der Waals surface area contributed by atoms with Crippen molar-refractivity contribution in [1.82, 2.24) is 0 Å². The molecule has 0 aromatic heterocycles. The van der Waals surface area contributed by atoms with Crippen molar-refractivity contribution in [3.05, 3.63) is 29.1 Å². The van der Waals surface area contributed by atoms with E-state index in [9.17, 15) is 4.39 Å². The maximum atomic E-state index is 13.3. The first-order chi connectivity index (χ1) is 5.70. The third-order valence-corrected chi connectivity index (χ3v) is 2.41. The van der Waals surface area contributed by atoms with Crippen molar-refractivity contribution < 1.29 is 4.39 Å². The molecule has 1 aromatic rings. The van der Waals surface area contributed by atoms with Gasteiger partial charge in [0.1, 0.15) is 5.82 Å². The van der Waals surface area contributed by atoms with Crippen molar-refractivity contribution >= 4 is 5.69 Å². The van der Waals surface area contributed by atoms with E-state index in [2.05, 4.69) is 0 Å². The lowest BCUT2D eigenvalue weighted by Crippen LogP contribution is -2.05. The summed E-state index contributed by atoms with van der Waals surface area (Å²) in [6, 6.07) is 3.40. The van der Waals surface area contributed by atoms with Crippen LogP contribution in [-0.2, 0) is 6.42 Å². The third kappa shape index (κ3) is 0.898. The van der Waals surface area contributed by atoms with E-state index in [1.165, 1.54) is 0 Å². The molecule has 2 rings (SSSR count). The number of rotatable bonds is 0. The van der Waals surface area contributed by atoms with Crippen LogP contribution in [-0.4, -0.2) is 0 Å². The summed E-state index contributed by atoms with van der Waals surface area (Å²) in [7, 11) is 0. The van der Waals surface area contributed by atoms with Crippen LogP contribution in [0.2, 0.25) is 0 Å². The van der Waals surface area contributed by atoms with E-state index in [-0.39, 0.29) is 17.5 Å². The van der Waals surface area contributed by atoms with Crippen LogP contribution >= 0.6 is 0 Å². The van der Waals surface area contributed by atoms with Gasteiger partial charge >= 0.3 is 0 Å². The topological polar surface area (TPSA) is 52.0 Å². The summed E-state index contributed by atoms with van der Waals surface area (Å²) in [5.41, 5.74) is 13.0. The average molecular weight is 166 g/mol. The lowest BCUT2D eigenvalue weighted by Gasteiger charge is -2.05. The first kappa shape index (κ1) is 7.55. The monoisotopic (exact) mass is 166 g/mol. The van der Waals surface area contributed by atoms with E-state index in [0.717, 1.165) is 12.0 Å². The molecule has 3 heteroatoms. The van der Waals surface area contributed by atoms with Gasteiger partial charge in [0, 0.05) is 6.04 Å². The SMILES string of the molecule is Nc1ccc2c(c1F)CCC2N. The minimum atomic E-state index is -0.277. The Hall–Kier alpha value is -1.09. The Kier molecular flexibility index (Phi) is 1.54. The average Bonchev–Trinajstić information content (AvgIpc) is 2.41. The van der Waals surface area contributed by atoms with Gasteiger partial charge in [0.05, 0.1) is 5.69 Å². The zero-order valence-corrected chi connectivity index (χ0v) is 6.68. The van der Waals surface area contributed by atoms with Gasteiger partial charge in [-0.1, -0.05) is 6.07 Å². The van der Waals surface area contributed by atoms with E-state index < -0.39 is 0 Å². The number of nitrogen functional groups attached to an aromatic ring is 1. The Morgan fingerprint density at radius 1 is 1.42 bits per heavy atom. The molecule has 0 saturated heterocycles. The number of nitrogens with two attached hydrogens (primary N) is 2. The minimum Gasteiger partial charge on any atom is -0.396 e. The van der Waals surface area contributed by atoms with Gasteiger partial charge in [0.25, 0.3) is 0 Å². The van der Waals surface area contributed by atoms with Gasteiger partial charge in [-0.15, -0.1) is 0 Å². The molecule has 1 aromatic carbocycles. The predicted molar refractivity (Wildman–Crippen MR) is 46.1 cm³/mol. The molecule has 1 aliphatic carbocycles. The number of hydrogen-bond acceptors (Lipinski definition) is 2. The van der Waals surface area contributed by atoms with Gasteiger partial charge in [-0.2, -0.15) is 0 Å². The predicted octanol–water partition coefficient (Wildman–Crippen LogP) is 1.35. The highest BCUT2D eigenvalue weighted by atomic mass is 19.1. The maximum Gasteiger partial charge on any atom is 0.149 e. The summed E-state index contributed by atoms with van der Waals surface area (Å²) in [5, 5.41) is 0. The number of benzene rings is 1.